The maximum Gasteiger partial charge on any atom is 0.338 e. The van der Waals surface area contributed by atoms with Gasteiger partial charge in [0.2, 0.25) is 5.78 Å². The van der Waals surface area contributed by atoms with Crippen LogP contribution in [0.25, 0.3) is 0 Å². The maximum atomic E-state index is 12.2. The molecule has 0 radical (unpaired) electrons. The fourth-order valence-corrected chi connectivity index (χ4v) is 3.26. The SMILES string of the molecule is Cc1ccc(C(=O)COC(=O)c2ccc(CS(C)(=O)=O)cc2)c(C)c1. The van der Waals surface area contributed by atoms with Crippen LogP contribution in [0.4, 0.5) is 0 Å². The van der Waals surface area contributed by atoms with Gasteiger partial charge in [0.25, 0.3) is 0 Å². The third-order valence-electron chi connectivity index (χ3n) is 3.64. The normalized spacial score (nSPS) is 11.2. The number of ether oxygens (including phenoxy) is 1. The third kappa shape index (κ3) is 5.53. The highest BCUT2D eigenvalue weighted by atomic mass is 32.2. The van der Waals surface area contributed by atoms with Crippen molar-refractivity contribution >= 4 is 21.6 Å². The van der Waals surface area contributed by atoms with Gasteiger partial charge in [-0.1, -0.05) is 35.9 Å². The van der Waals surface area contributed by atoms with Crippen LogP contribution >= 0.6 is 0 Å². The number of hydrogen-bond acceptors (Lipinski definition) is 5. The van der Waals surface area contributed by atoms with Gasteiger partial charge < -0.3 is 4.74 Å². The zero-order chi connectivity index (χ0) is 18.6. The van der Waals surface area contributed by atoms with E-state index in [2.05, 4.69) is 0 Å². The molecular formula is C19H20O5S. The highest BCUT2D eigenvalue weighted by Gasteiger charge is 2.14. The summed E-state index contributed by atoms with van der Waals surface area (Å²) in [6, 6.07) is 11.6. The van der Waals surface area contributed by atoms with Crippen molar-refractivity contribution in [1.29, 1.82) is 0 Å². The molecule has 0 amide bonds. The lowest BCUT2D eigenvalue weighted by Gasteiger charge is -2.08. The first-order valence-electron chi connectivity index (χ1n) is 7.70. The predicted octanol–water partition coefficient (Wildman–Crippen LogP) is 2.89. The van der Waals surface area contributed by atoms with Gasteiger partial charge in [0.15, 0.2) is 16.4 Å². The minimum absolute atomic E-state index is 0.0898. The molecule has 132 valence electrons. The highest BCUT2D eigenvalue weighted by molar-refractivity contribution is 7.89. The molecule has 2 aromatic carbocycles. The van der Waals surface area contributed by atoms with Crippen molar-refractivity contribution in [1.82, 2.24) is 0 Å². The summed E-state index contributed by atoms with van der Waals surface area (Å²) in [5, 5.41) is 0. The summed E-state index contributed by atoms with van der Waals surface area (Å²) < 4.78 is 27.6. The van der Waals surface area contributed by atoms with Crippen molar-refractivity contribution in [3.63, 3.8) is 0 Å². The Bertz CT molecular complexity index is 896. The monoisotopic (exact) mass is 360 g/mol. The van der Waals surface area contributed by atoms with E-state index in [1.54, 1.807) is 18.2 Å². The standard InChI is InChI=1S/C19H20O5S/c1-13-4-9-17(14(2)10-13)18(20)11-24-19(21)16-7-5-15(6-8-16)12-25(3,22)23/h4-10H,11-12H2,1-3H3. The molecule has 0 fully saturated rings. The molecule has 25 heavy (non-hydrogen) atoms. The Kier molecular flexibility index (Phi) is 5.74. The van der Waals surface area contributed by atoms with Gasteiger partial charge >= 0.3 is 5.97 Å². The summed E-state index contributed by atoms with van der Waals surface area (Å²) in [5.41, 5.74) is 3.28. The van der Waals surface area contributed by atoms with Crippen LogP contribution in [0.1, 0.15) is 37.4 Å². The number of sulfone groups is 1. The summed E-state index contributed by atoms with van der Waals surface area (Å²) in [7, 11) is -3.13. The fourth-order valence-electron chi connectivity index (χ4n) is 2.46. The van der Waals surface area contributed by atoms with Gasteiger partial charge in [-0.05, 0) is 37.1 Å². The molecule has 0 spiro atoms. The number of Topliss-reactive ketones (excluding diaryl/α,β-unsaturated/α-hetero) is 1. The van der Waals surface area contributed by atoms with Crippen LogP contribution in [-0.4, -0.2) is 33.0 Å². The first-order chi connectivity index (χ1) is 11.7. The van der Waals surface area contributed by atoms with Crippen molar-refractivity contribution in [3.8, 4) is 0 Å². The summed E-state index contributed by atoms with van der Waals surface area (Å²) in [6.07, 6.45) is 1.15. The van der Waals surface area contributed by atoms with Gasteiger partial charge in [0.05, 0.1) is 11.3 Å². The smallest absolute Gasteiger partial charge is 0.338 e. The second-order valence-electron chi connectivity index (χ2n) is 6.08. The van der Waals surface area contributed by atoms with Gasteiger partial charge in [-0.15, -0.1) is 0 Å². The maximum absolute atomic E-state index is 12.2. The van der Waals surface area contributed by atoms with Gasteiger partial charge in [0.1, 0.15) is 0 Å². The Hall–Kier alpha value is -2.47. The van der Waals surface area contributed by atoms with Crippen molar-refractivity contribution < 1.29 is 22.7 Å². The molecule has 0 atom stereocenters. The van der Waals surface area contributed by atoms with Crippen molar-refractivity contribution in [3.05, 3.63) is 70.3 Å². The van der Waals surface area contributed by atoms with E-state index in [-0.39, 0.29) is 23.7 Å². The highest BCUT2D eigenvalue weighted by Crippen LogP contribution is 2.13. The van der Waals surface area contributed by atoms with Crippen LogP contribution in [0.2, 0.25) is 0 Å². The molecule has 0 aliphatic rings. The van der Waals surface area contributed by atoms with Crippen LogP contribution in [0.5, 0.6) is 0 Å². The van der Waals surface area contributed by atoms with Crippen LogP contribution < -0.4 is 0 Å². The lowest BCUT2D eigenvalue weighted by atomic mass is 10.0. The number of benzene rings is 2. The van der Waals surface area contributed by atoms with Gasteiger partial charge in [-0.2, -0.15) is 0 Å². The van der Waals surface area contributed by atoms with E-state index < -0.39 is 15.8 Å². The largest absolute Gasteiger partial charge is 0.454 e. The molecule has 2 aromatic rings. The molecule has 5 nitrogen and oxygen atoms in total. The van der Waals surface area contributed by atoms with E-state index in [0.29, 0.717) is 11.1 Å². The molecule has 0 aliphatic carbocycles. The van der Waals surface area contributed by atoms with Crippen LogP contribution in [0.15, 0.2) is 42.5 Å². The Balaban J connectivity index is 1.99. The second-order valence-corrected chi connectivity index (χ2v) is 8.22. The number of rotatable bonds is 6. The quantitative estimate of drug-likeness (QED) is 0.585. The average Bonchev–Trinajstić information content (AvgIpc) is 2.51. The van der Waals surface area contributed by atoms with E-state index in [1.807, 2.05) is 26.0 Å². The molecule has 0 heterocycles. The Morgan fingerprint density at radius 1 is 1.00 bits per heavy atom. The number of aryl methyl sites for hydroxylation is 2. The van der Waals surface area contributed by atoms with Crippen LogP contribution in [-0.2, 0) is 20.3 Å². The third-order valence-corrected chi connectivity index (χ3v) is 4.49. The van der Waals surface area contributed by atoms with E-state index in [4.69, 9.17) is 4.74 Å². The van der Waals surface area contributed by atoms with E-state index in [1.165, 1.54) is 12.1 Å². The minimum Gasteiger partial charge on any atom is -0.454 e. The molecule has 0 unspecified atom stereocenters. The Morgan fingerprint density at radius 2 is 1.64 bits per heavy atom. The van der Waals surface area contributed by atoms with Gasteiger partial charge in [-0.3, -0.25) is 4.79 Å². The lowest BCUT2D eigenvalue weighted by molar-refractivity contribution is 0.0474. The molecule has 0 N–H and O–H groups in total. The zero-order valence-corrected chi connectivity index (χ0v) is 15.2. The number of carbonyl (C=O) groups is 2. The molecule has 6 heteroatoms. The fraction of sp³-hybridized carbons (Fsp3) is 0.263. The summed E-state index contributed by atoms with van der Waals surface area (Å²) >= 11 is 0. The predicted molar refractivity (Wildman–Crippen MR) is 95.5 cm³/mol. The van der Waals surface area contributed by atoms with E-state index in [0.717, 1.165) is 17.4 Å². The Morgan fingerprint density at radius 3 is 2.20 bits per heavy atom. The molecule has 0 aliphatic heterocycles. The van der Waals surface area contributed by atoms with Crippen molar-refractivity contribution in [2.24, 2.45) is 0 Å². The lowest BCUT2D eigenvalue weighted by Crippen LogP contribution is -2.15. The Labute approximate surface area is 147 Å². The topological polar surface area (TPSA) is 77.5 Å². The molecule has 0 bridgehead atoms. The molecule has 0 aromatic heterocycles. The number of esters is 1. The van der Waals surface area contributed by atoms with Gasteiger partial charge in [-0.25, -0.2) is 13.2 Å². The zero-order valence-electron chi connectivity index (χ0n) is 14.4. The van der Waals surface area contributed by atoms with Crippen molar-refractivity contribution in [2.45, 2.75) is 19.6 Å². The summed E-state index contributed by atoms with van der Waals surface area (Å²) in [5.74, 6) is -0.975. The van der Waals surface area contributed by atoms with Crippen LogP contribution in [0, 0.1) is 13.8 Å². The van der Waals surface area contributed by atoms with E-state index >= 15 is 0 Å². The van der Waals surface area contributed by atoms with E-state index in [9.17, 15) is 18.0 Å². The first kappa shape index (κ1) is 18.9. The number of hydrogen-bond donors (Lipinski definition) is 0. The minimum atomic E-state index is -3.13. The van der Waals surface area contributed by atoms with Crippen LogP contribution in [0.3, 0.4) is 0 Å². The first-order valence-corrected chi connectivity index (χ1v) is 9.76. The van der Waals surface area contributed by atoms with Gasteiger partial charge in [0, 0.05) is 11.8 Å². The summed E-state index contributed by atoms with van der Waals surface area (Å²) in [6.45, 7) is 3.44. The molecule has 0 saturated heterocycles. The molecular weight excluding hydrogens is 340 g/mol. The number of carbonyl (C=O) groups excluding carboxylic acids is 2. The molecule has 0 saturated carbocycles. The number of ketones is 1. The second kappa shape index (κ2) is 7.61. The van der Waals surface area contributed by atoms with Crippen molar-refractivity contribution in [2.75, 3.05) is 12.9 Å². The summed E-state index contributed by atoms with van der Waals surface area (Å²) in [4.78, 5) is 24.2. The molecule has 2 rings (SSSR count). The average molecular weight is 360 g/mol.